The van der Waals surface area contributed by atoms with Crippen LogP contribution in [0.4, 0.5) is 0 Å². The van der Waals surface area contributed by atoms with Crippen LogP contribution in [0.15, 0.2) is 28.7 Å². The van der Waals surface area contributed by atoms with Crippen LogP contribution in [0.1, 0.15) is 25.8 Å². The number of hydrogen-bond acceptors (Lipinski definition) is 1. The summed E-state index contributed by atoms with van der Waals surface area (Å²) in [5.41, 5.74) is 1.37. The Bertz CT molecular complexity index is 363. The lowest BCUT2D eigenvalue weighted by atomic mass is 10.1. The molecule has 0 N–H and O–H groups in total. The highest BCUT2D eigenvalue weighted by Crippen LogP contribution is 2.28. The molecule has 0 fully saturated rings. The molecule has 0 atom stereocenters. The van der Waals surface area contributed by atoms with Gasteiger partial charge in [0, 0.05) is 26.5 Å². The Kier molecular flexibility index (Phi) is 6.61. The second kappa shape index (κ2) is 7.46. The monoisotopic (exact) mass is 328 g/mol. The Balaban J connectivity index is 2.22. The zero-order valence-corrected chi connectivity index (χ0v) is 14.7. The quantitative estimate of drug-likeness (QED) is 0.522. The number of benzene rings is 1. The van der Waals surface area contributed by atoms with Gasteiger partial charge in [0.15, 0.2) is 0 Å². The van der Waals surface area contributed by atoms with Crippen molar-refractivity contribution in [3.63, 3.8) is 0 Å². The molecule has 1 nitrogen and oxygen atoms in total. The maximum atomic E-state index is 5.84. The molecule has 0 saturated heterocycles. The van der Waals surface area contributed by atoms with E-state index in [1.165, 1.54) is 10.0 Å². The van der Waals surface area contributed by atoms with E-state index in [0.29, 0.717) is 5.04 Å². The summed E-state index contributed by atoms with van der Waals surface area (Å²) in [5, 5.41) is 0.410. The molecule has 1 aromatic carbocycles. The first-order chi connectivity index (χ1) is 8.43. The summed E-state index contributed by atoms with van der Waals surface area (Å²) in [4.78, 5) is 0. The van der Waals surface area contributed by atoms with E-state index >= 15 is 0 Å². The summed E-state index contributed by atoms with van der Waals surface area (Å²) in [7, 11) is -0.631. The first-order valence-electron chi connectivity index (χ1n) is 6.74. The van der Waals surface area contributed by atoms with Gasteiger partial charge in [-0.3, -0.25) is 0 Å². The summed E-state index contributed by atoms with van der Waals surface area (Å²) >= 11 is 3.58. The molecule has 0 aromatic heterocycles. The highest BCUT2D eigenvalue weighted by Gasteiger charge is 2.23. The first kappa shape index (κ1) is 15.9. The van der Waals surface area contributed by atoms with Crippen molar-refractivity contribution in [2.75, 3.05) is 13.2 Å². The van der Waals surface area contributed by atoms with Gasteiger partial charge in [0.2, 0.25) is 0 Å². The van der Waals surface area contributed by atoms with Crippen LogP contribution in [0.25, 0.3) is 0 Å². The summed E-state index contributed by atoms with van der Waals surface area (Å²) < 4.78 is 7.05. The van der Waals surface area contributed by atoms with Crippen LogP contribution >= 0.6 is 15.9 Å². The second-order valence-corrected chi connectivity index (χ2v) is 10.6. The predicted molar refractivity (Wildman–Crippen MR) is 86.2 cm³/mol. The molecule has 0 aliphatic carbocycles. The zero-order chi connectivity index (χ0) is 13.6. The average Bonchev–Trinajstić information content (AvgIpc) is 2.30. The molecule has 0 saturated carbocycles. The Morgan fingerprint density at radius 2 is 1.89 bits per heavy atom. The molecule has 0 radical (unpaired) electrons. The van der Waals surface area contributed by atoms with Crippen LogP contribution in [0.2, 0.25) is 18.1 Å². The smallest absolute Gasteiger partial charge is 0.0490 e. The standard InChI is InChI=1S/C15H25BrOSi/c1-15(2,18(3)4)12-17-11-7-9-13-8-5-6-10-14(13)16/h5-6,8,10,18H,7,9,11-12H2,1-4H3. The van der Waals surface area contributed by atoms with Crippen LogP contribution in [-0.2, 0) is 11.2 Å². The molecule has 0 spiro atoms. The highest BCUT2D eigenvalue weighted by atomic mass is 79.9. The van der Waals surface area contributed by atoms with Gasteiger partial charge in [0.1, 0.15) is 0 Å². The van der Waals surface area contributed by atoms with Crippen LogP contribution in [0.5, 0.6) is 0 Å². The molecular formula is C15H25BrOSi. The van der Waals surface area contributed by atoms with Crippen molar-refractivity contribution in [3.8, 4) is 0 Å². The van der Waals surface area contributed by atoms with Gasteiger partial charge in [-0.2, -0.15) is 0 Å². The van der Waals surface area contributed by atoms with Crippen molar-refractivity contribution in [2.24, 2.45) is 0 Å². The van der Waals surface area contributed by atoms with Gasteiger partial charge in [0.05, 0.1) is 0 Å². The summed E-state index contributed by atoms with van der Waals surface area (Å²) in [6, 6.07) is 8.42. The Morgan fingerprint density at radius 3 is 2.50 bits per heavy atom. The SMILES string of the molecule is C[SiH](C)C(C)(C)COCCCc1ccccc1Br. The minimum absolute atomic E-state index is 0.410. The fourth-order valence-corrected chi connectivity index (χ4v) is 2.50. The summed E-state index contributed by atoms with van der Waals surface area (Å²) in [6.07, 6.45) is 2.18. The van der Waals surface area contributed by atoms with Crippen molar-refractivity contribution in [3.05, 3.63) is 34.3 Å². The molecule has 102 valence electrons. The number of hydrogen-bond donors (Lipinski definition) is 0. The number of ether oxygens (including phenoxy) is 1. The predicted octanol–water partition coefficient (Wildman–Crippen LogP) is 4.67. The topological polar surface area (TPSA) is 9.23 Å². The van der Waals surface area contributed by atoms with E-state index in [1.54, 1.807) is 0 Å². The molecule has 0 bridgehead atoms. The van der Waals surface area contributed by atoms with E-state index in [1.807, 2.05) is 0 Å². The van der Waals surface area contributed by atoms with Gasteiger partial charge >= 0.3 is 0 Å². The largest absolute Gasteiger partial charge is 0.381 e. The van der Waals surface area contributed by atoms with Crippen molar-refractivity contribution in [2.45, 2.75) is 44.8 Å². The van der Waals surface area contributed by atoms with E-state index in [4.69, 9.17) is 4.74 Å². The van der Waals surface area contributed by atoms with Gasteiger partial charge in [-0.15, -0.1) is 0 Å². The zero-order valence-electron chi connectivity index (χ0n) is 12.0. The molecule has 18 heavy (non-hydrogen) atoms. The van der Waals surface area contributed by atoms with Crippen LogP contribution < -0.4 is 0 Å². The second-order valence-electron chi connectivity index (χ2n) is 5.89. The Hall–Kier alpha value is -0.123. The number of rotatable bonds is 7. The van der Waals surface area contributed by atoms with Crippen LogP contribution in [-0.4, -0.2) is 22.0 Å². The van der Waals surface area contributed by atoms with E-state index in [0.717, 1.165) is 26.1 Å². The minimum Gasteiger partial charge on any atom is -0.381 e. The van der Waals surface area contributed by atoms with Crippen LogP contribution in [0, 0.1) is 0 Å². The summed E-state index contributed by atoms with van der Waals surface area (Å²) in [6.45, 7) is 11.2. The molecule has 1 rings (SSSR count). The molecule has 0 aliphatic rings. The molecule has 0 amide bonds. The van der Waals surface area contributed by atoms with Gasteiger partial charge in [-0.25, -0.2) is 0 Å². The normalized spacial score (nSPS) is 12.1. The lowest BCUT2D eigenvalue weighted by Gasteiger charge is -2.27. The lowest BCUT2D eigenvalue weighted by molar-refractivity contribution is 0.111. The molecule has 0 aliphatic heterocycles. The van der Waals surface area contributed by atoms with Crippen molar-refractivity contribution >= 4 is 24.7 Å². The van der Waals surface area contributed by atoms with Gasteiger partial charge < -0.3 is 4.74 Å². The van der Waals surface area contributed by atoms with Gasteiger partial charge in [-0.05, 0) is 29.5 Å². The van der Waals surface area contributed by atoms with Gasteiger partial charge in [-0.1, -0.05) is 61.1 Å². The van der Waals surface area contributed by atoms with Crippen molar-refractivity contribution < 1.29 is 4.74 Å². The third kappa shape index (κ3) is 5.25. The van der Waals surface area contributed by atoms with Crippen molar-refractivity contribution in [1.29, 1.82) is 0 Å². The molecule has 0 heterocycles. The maximum absolute atomic E-state index is 5.84. The fourth-order valence-electron chi connectivity index (χ4n) is 1.57. The van der Waals surface area contributed by atoms with Gasteiger partial charge in [0.25, 0.3) is 0 Å². The van der Waals surface area contributed by atoms with Crippen LogP contribution in [0.3, 0.4) is 0 Å². The van der Waals surface area contributed by atoms with E-state index in [-0.39, 0.29) is 0 Å². The van der Waals surface area contributed by atoms with E-state index in [2.05, 4.69) is 67.1 Å². The average molecular weight is 329 g/mol. The number of halogens is 1. The fraction of sp³-hybridized carbons (Fsp3) is 0.600. The van der Waals surface area contributed by atoms with E-state index < -0.39 is 8.80 Å². The summed E-state index contributed by atoms with van der Waals surface area (Å²) in [5.74, 6) is 0. The molecular weight excluding hydrogens is 304 g/mol. The maximum Gasteiger partial charge on any atom is 0.0490 e. The van der Waals surface area contributed by atoms with Crippen molar-refractivity contribution in [1.82, 2.24) is 0 Å². The third-order valence-corrected chi connectivity index (χ3v) is 7.80. The highest BCUT2D eigenvalue weighted by molar-refractivity contribution is 9.10. The first-order valence-corrected chi connectivity index (χ1v) is 10.4. The molecule has 0 unspecified atom stereocenters. The number of aryl methyl sites for hydroxylation is 1. The molecule has 1 aromatic rings. The molecule has 3 heteroatoms. The third-order valence-electron chi connectivity index (χ3n) is 3.73. The van der Waals surface area contributed by atoms with E-state index in [9.17, 15) is 0 Å². The minimum atomic E-state index is -0.631. The Labute approximate surface area is 122 Å². The Morgan fingerprint density at radius 1 is 1.22 bits per heavy atom. The lowest BCUT2D eigenvalue weighted by Crippen LogP contribution is -2.26.